The van der Waals surface area contributed by atoms with Gasteiger partial charge in [-0.1, -0.05) is 30.7 Å². The third-order valence-corrected chi connectivity index (χ3v) is 10.1. The second-order valence-corrected chi connectivity index (χ2v) is 10.4. The Hall–Kier alpha value is -0.150. The third kappa shape index (κ3) is 1.96. The van der Waals surface area contributed by atoms with Gasteiger partial charge in [-0.15, -0.1) is 23.5 Å². The molecule has 0 aromatic heterocycles. The molecule has 0 aromatic carbocycles. The van der Waals surface area contributed by atoms with Crippen LogP contribution in [0.15, 0.2) is 23.8 Å². The maximum atomic E-state index is 13.4. The van der Waals surface area contributed by atoms with Crippen LogP contribution in [0.3, 0.4) is 0 Å². The first-order valence-corrected chi connectivity index (χ1v) is 10.2. The van der Waals surface area contributed by atoms with Crippen LogP contribution >= 0.6 is 23.5 Å². The lowest BCUT2D eigenvalue weighted by atomic mass is 9.66. The van der Waals surface area contributed by atoms with E-state index in [1.54, 1.807) is 0 Å². The van der Waals surface area contributed by atoms with Crippen molar-refractivity contribution < 1.29 is 4.79 Å². The van der Waals surface area contributed by atoms with Crippen LogP contribution in [-0.2, 0) is 4.79 Å². The van der Waals surface area contributed by atoms with Gasteiger partial charge < -0.3 is 0 Å². The predicted octanol–water partition coefficient (Wildman–Crippen LogP) is 4.69. The van der Waals surface area contributed by atoms with E-state index in [1.807, 2.05) is 0 Å². The highest BCUT2D eigenvalue weighted by Crippen LogP contribution is 2.66. The van der Waals surface area contributed by atoms with Crippen LogP contribution in [0, 0.1) is 23.2 Å². The lowest BCUT2D eigenvalue weighted by Crippen LogP contribution is -2.43. The van der Waals surface area contributed by atoms with Crippen LogP contribution in [0.5, 0.6) is 0 Å². The number of rotatable bonds is 0. The zero-order chi connectivity index (χ0) is 14.7. The van der Waals surface area contributed by atoms with Crippen molar-refractivity contribution in [1.82, 2.24) is 0 Å². The molecule has 4 atom stereocenters. The molecule has 21 heavy (non-hydrogen) atoms. The van der Waals surface area contributed by atoms with E-state index in [0.29, 0.717) is 21.7 Å². The summed E-state index contributed by atoms with van der Waals surface area (Å²) in [4.78, 5) is 13.4. The summed E-state index contributed by atoms with van der Waals surface area (Å²) >= 11 is 4.29. The van der Waals surface area contributed by atoms with Crippen LogP contribution in [0.1, 0.15) is 39.5 Å². The highest BCUT2D eigenvalue weighted by atomic mass is 32.2. The van der Waals surface area contributed by atoms with E-state index in [0.717, 1.165) is 19.3 Å². The number of carbonyl (C=O) groups excluding carboxylic acids is 1. The first-order valence-electron chi connectivity index (χ1n) is 8.22. The highest BCUT2D eigenvalue weighted by Gasteiger charge is 2.60. The SMILES string of the molecule is C/C1=C/C[C@@H]2C3(CC[C@]2(C)C(=O)[C@@H]2CC=C[C@H]12)SCCS3. The normalized spacial score (nSPS) is 46.9. The van der Waals surface area contributed by atoms with Crippen molar-refractivity contribution in [2.24, 2.45) is 23.2 Å². The Bertz CT molecular complexity index is 529. The molecule has 4 rings (SSSR count). The number of ketones is 1. The van der Waals surface area contributed by atoms with E-state index >= 15 is 0 Å². The minimum Gasteiger partial charge on any atom is -0.299 e. The molecule has 0 radical (unpaired) electrons. The molecule has 4 aliphatic rings. The van der Waals surface area contributed by atoms with Crippen molar-refractivity contribution in [2.45, 2.75) is 43.6 Å². The van der Waals surface area contributed by atoms with Crippen molar-refractivity contribution >= 4 is 29.3 Å². The summed E-state index contributed by atoms with van der Waals surface area (Å²) in [6.45, 7) is 4.53. The number of fused-ring (bicyclic) bond motifs is 3. The Labute approximate surface area is 136 Å². The molecule has 2 fully saturated rings. The van der Waals surface area contributed by atoms with Crippen LogP contribution in [0.4, 0.5) is 0 Å². The largest absolute Gasteiger partial charge is 0.299 e. The number of allylic oxidation sites excluding steroid dienone is 4. The Balaban J connectivity index is 1.77. The molecule has 1 heterocycles. The molecule has 3 aliphatic carbocycles. The summed E-state index contributed by atoms with van der Waals surface area (Å²) in [5.74, 6) is 4.24. The minimum atomic E-state index is -0.0868. The van der Waals surface area contributed by atoms with Crippen LogP contribution in [-0.4, -0.2) is 21.4 Å². The van der Waals surface area contributed by atoms with Crippen LogP contribution < -0.4 is 0 Å². The fraction of sp³-hybridized carbons (Fsp3) is 0.722. The molecule has 1 saturated heterocycles. The van der Waals surface area contributed by atoms with Gasteiger partial charge in [-0.3, -0.25) is 4.79 Å². The monoisotopic (exact) mass is 320 g/mol. The van der Waals surface area contributed by atoms with E-state index in [2.05, 4.69) is 55.6 Å². The van der Waals surface area contributed by atoms with Crippen LogP contribution in [0.25, 0.3) is 0 Å². The van der Waals surface area contributed by atoms with E-state index in [1.165, 1.54) is 23.5 Å². The third-order valence-electron chi connectivity index (χ3n) is 6.34. The van der Waals surface area contributed by atoms with E-state index in [-0.39, 0.29) is 11.3 Å². The van der Waals surface area contributed by atoms with Crippen LogP contribution in [0.2, 0.25) is 0 Å². The first kappa shape index (κ1) is 14.4. The fourth-order valence-electron chi connectivity index (χ4n) is 5.07. The summed E-state index contributed by atoms with van der Waals surface area (Å²) in [6.07, 6.45) is 11.4. The maximum absolute atomic E-state index is 13.4. The number of carbonyl (C=O) groups is 1. The van der Waals surface area contributed by atoms with Gasteiger partial charge in [-0.25, -0.2) is 0 Å². The molecular formula is C18H24OS2. The fourth-order valence-corrected chi connectivity index (χ4v) is 8.87. The van der Waals surface area contributed by atoms with Gasteiger partial charge in [0, 0.05) is 28.8 Å². The maximum Gasteiger partial charge on any atom is 0.143 e. The van der Waals surface area contributed by atoms with E-state index in [9.17, 15) is 4.79 Å². The Morgan fingerprint density at radius 2 is 1.95 bits per heavy atom. The summed E-state index contributed by atoms with van der Waals surface area (Å²) in [6, 6.07) is 0. The quantitative estimate of drug-likeness (QED) is 0.603. The van der Waals surface area contributed by atoms with Crippen molar-refractivity contribution in [3.8, 4) is 0 Å². The minimum absolute atomic E-state index is 0.0868. The van der Waals surface area contributed by atoms with Gasteiger partial charge in [-0.2, -0.15) is 0 Å². The molecular weight excluding hydrogens is 296 g/mol. The number of hydrogen-bond donors (Lipinski definition) is 0. The number of Topliss-reactive ketones (excluding diaryl/α,β-unsaturated/α-hetero) is 1. The predicted molar refractivity (Wildman–Crippen MR) is 92.6 cm³/mol. The Kier molecular flexibility index (Phi) is 3.39. The van der Waals surface area contributed by atoms with Gasteiger partial charge >= 0.3 is 0 Å². The van der Waals surface area contributed by atoms with Gasteiger partial charge in [0.25, 0.3) is 0 Å². The lowest BCUT2D eigenvalue weighted by molar-refractivity contribution is -0.134. The summed E-state index contributed by atoms with van der Waals surface area (Å²) in [5, 5.41) is 0. The van der Waals surface area contributed by atoms with Gasteiger partial charge in [0.05, 0.1) is 4.08 Å². The summed E-state index contributed by atoms with van der Waals surface area (Å²) in [7, 11) is 0. The zero-order valence-electron chi connectivity index (χ0n) is 12.9. The molecule has 0 unspecified atom stereocenters. The molecule has 0 aromatic rings. The molecule has 114 valence electrons. The standard InChI is InChI=1S/C18H24OS2/c1-12-6-7-15-17(2,8-9-18(15)20-10-11-21-18)16(19)14-5-3-4-13(12)14/h3-4,6,13-15H,5,7-11H2,1-2H3/b12-6-/t13-,14-,15+,17+/m1/s1. The summed E-state index contributed by atoms with van der Waals surface area (Å²) < 4.78 is 0.333. The second kappa shape index (κ2) is 4.92. The molecule has 3 heteroatoms. The summed E-state index contributed by atoms with van der Waals surface area (Å²) in [5.41, 5.74) is 1.34. The average Bonchev–Trinajstić information content (AvgIpc) is 3.18. The molecule has 0 bridgehead atoms. The number of hydrogen-bond acceptors (Lipinski definition) is 3. The van der Waals surface area contributed by atoms with Gasteiger partial charge in [0.1, 0.15) is 5.78 Å². The van der Waals surface area contributed by atoms with Gasteiger partial charge in [0.15, 0.2) is 0 Å². The first-order chi connectivity index (χ1) is 10.1. The molecule has 1 nitrogen and oxygen atoms in total. The van der Waals surface area contributed by atoms with Crippen molar-refractivity contribution in [3.05, 3.63) is 23.8 Å². The lowest BCUT2D eigenvalue weighted by Gasteiger charge is -2.41. The van der Waals surface area contributed by atoms with Crippen molar-refractivity contribution in [2.75, 3.05) is 11.5 Å². The Morgan fingerprint density at radius 3 is 2.71 bits per heavy atom. The average molecular weight is 321 g/mol. The molecule has 0 amide bonds. The number of thioether (sulfide) groups is 2. The van der Waals surface area contributed by atoms with E-state index < -0.39 is 0 Å². The topological polar surface area (TPSA) is 17.1 Å². The zero-order valence-corrected chi connectivity index (χ0v) is 14.6. The molecule has 1 aliphatic heterocycles. The Morgan fingerprint density at radius 1 is 1.19 bits per heavy atom. The van der Waals surface area contributed by atoms with E-state index in [4.69, 9.17) is 0 Å². The van der Waals surface area contributed by atoms with Crippen molar-refractivity contribution in [3.63, 3.8) is 0 Å². The molecule has 0 N–H and O–H groups in total. The van der Waals surface area contributed by atoms with Crippen molar-refractivity contribution in [1.29, 1.82) is 0 Å². The van der Waals surface area contributed by atoms with Gasteiger partial charge in [-0.05, 0) is 38.5 Å². The highest BCUT2D eigenvalue weighted by molar-refractivity contribution is 8.21. The smallest absolute Gasteiger partial charge is 0.143 e. The van der Waals surface area contributed by atoms with Gasteiger partial charge in [0.2, 0.25) is 0 Å². The molecule has 1 saturated carbocycles. The second-order valence-electron chi connectivity index (χ2n) is 7.32. The molecule has 1 spiro atoms.